The molecule has 0 atom stereocenters. The Bertz CT molecular complexity index is 1280. The highest BCUT2D eigenvalue weighted by molar-refractivity contribution is 7.89. The summed E-state index contributed by atoms with van der Waals surface area (Å²) in [5, 5.41) is 26.0. The quantitative estimate of drug-likeness (QED) is 0.250. The summed E-state index contributed by atoms with van der Waals surface area (Å²) in [4.78, 5) is 20.7. The molecule has 2 amide bonds. The van der Waals surface area contributed by atoms with Gasteiger partial charge in [-0.15, -0.1) is 0 Å². The Kier molecular flexibility index (Phi) is 11.3. The number of urea groups is 1. The van der Waals surface area contributed by atoms with Crippen molar-refractivity contribution in [3.05, 3.63) is 45.4 Å². The predicted octanol–water partition coefficient (Wildman–Crippen LogP) is 4.91. The number of aliphatic carboxylic acids is 1. The fraction of sp³-hybridized carbons (Fsp3) is 0.333. The third-order valence-electron chi connectivity index (χ3n) is 5.06. The van der Waals surface area contributed by atoms with Crippen LogP contribution in [0.1, 0.15) is 12.8 Å². The Morgan fingerprint density at radius 3 is 2.16 bits per heavy atom. The van der Waals surface area contributed by atoms with Gasteiger partial charge >= 0.3 is 18.2 Å². The number of benzene rings is 2. The number of carboxylic acid groups (broad SMARTS) is 1. The highest BCUT2D eigenvalue weighted by Crippen LogP contribution is 2.37. The molecule has 0 unspecified atom stereocenters. The van der Waals surface area contributed by atoms with Gasteiger partial charge in [0.1, 0.15) is 4.90 Å². The van der Waals surface area contributed by atoms with E-state index in [9.17, 15) is 31.5 Å². The second-order valence-electron chi connectivity index (χ2n) is 7.80. The number of amides is 2. The summed E-state index contributed by atoms with van der Waals surface area (Å²) >= 11 is 18.0. The highest BCUT2D eigenvalue weighted by atomic mass is 35.5. The lowest BCUT2D eigenvalue weighted by molar-refractivity contribution is -0.192. The van der Waals surface area contributed by atoms with Crippen LogP contribution >= 0.6 is 34.8 Å². The number of alkyl halides is 3. The first-order valence-electron chi connectivity index (χ1n) is 10.7. The number of sulfonamides is 1. The summed E-state index contributed by atoms with van der Waals surface area (Å²) in [6, 6.07) is 6.52. The first-order chi connectivity index (χ1) is 17.6. The van der Waals surface area contributed by atoms with E-state index in [1.807, 2.05) is 0 Å². The summed E-state index contributed by atoms with van der Waals surface area (Å²) in [5.74, 6) is -3.24. The Hall–Kier alpha value is -2.49. The van der Waals surface area contributed by atoms with E-state index < -0.39 is 38.8 Å². The van der Waals surface area contributed by atoms with Crippen molar-refractivity contribution in [2.75, 3.05) is 30.3 Å². The van der Waals surface area contributed by atoms with Crippen LogP contribution in [0, 0.1) is 5.92 Å². The van der Waals surface area contributed by atoms with E-state index in [4.69, 9.17) is 44.7 Å². The Morgan fingerprint density at radius 2 is 1.58 bits per heavy atom. The Morgan fingerprint density at radius 1 is 1.00 bits per heavy atom. The molecule has 0 aliphatic carbocycles. The average molecular weight is 622 g/mol. The first-order valence-corrected chi connectivity index (χ1v) is 13.3. The largest absolute Gasteiger partial charge is 0.504 e. The second kappa shape index (κ2) is 13.5. The van der Waals surface area contributed by atoms with E-state index >= 15 is 0 Å². The van der Waals surface area contributed by atoms with E-state index in [0.717, 1.165) is 25.9 Å². The van der Waals surface area contributed by atoms with Crippen LogP contribution < -0.4 is 20.7 Å². The zero-order valence-corrected chi connectivity index (χ0v) is 22.3. The number of carboxylic acids is 1. The van der Waals surface area contributed by atoms with Crippen LogP contribution in [-0.4, -0.2) is 56.4 Å². The van der Waals surface area contributed by atoms with Crippen molar-refractivity contribution in [1.29, 1.82) is 0 Å². The van der Waals surface area contributed by atoms with Gasteiger partial charge in [-0.1, -0.05) is 40.9 Å². The van der Waals surface area contributed by atoms with Gasteiger partial charge in [-0.25, -0.2) is 22.7 Å². The number of phenols is 1. The van der Waals surface area contributed by atoms with Gasteiger partial charge in [-0.3, -0.25) is 0 Å². The number of phenolic OH excluding ortho intramolecular Hbond substituents is 1. The van der Waals surface area contributed by atoms with Crippen LogP contribution in [0.25, 0.3) is 0 Å². The molecule has 0 saturated carbocycles. The van der Waals surface area contributed by atoms with Gasteiger partial charge in [0.25, 0.3) is 0 Å². The lowest BCUT2D eigenvalue weighted by Gasteiger charge is -2.23. The molecular formula is C21H22Cl3F3N4O6S. The van der Waals surface area contributed by atoms with Crippen molar-refractivity contribution in [2.24, 2.45) is 5.92 Å². The standard InChI is InChI=1S/C19H21Cl3N4O4S.C2HF3O2/c20-12-2-1-3-14(16(12)22)25-19(28)26-15-5-4-13(21)18(17(15)27)31(29,30)24-10-11-6-8-23-9-7-11;3-2(4,5)1(6)7/h1-5,11,23-24,27H,6-10H2,(H2,25,26,28);(H,6,7). The lowest BCUT2D eigenvalue weighted by Crippen LogP contribution is -2.36. The molecule has 210 valence electrons. The van der Waals surface area contributed by atoms with Crippen LogP contribution in [-0.2, 0) is 14.8 Å². The van der Waals surface area contributed by atoms with Crippen LogP contribution in [0.3, 0.4) is 0 Å². The summed E-state index contributed by atoms with van der Waals surface area (Å²) in [6.07, 6.45) is -3.40. The molecule has 0 radical (unpaired) electrons. The van der Waals surface area contributed by atoms with Crippen LogP contribution in [0.2, 0.25) is 15.1 Å². The monoisotopic (exact) mass is 620 g/mol. The molecular weight excluding hydrogens is 600 g/mol. The predicted molar refractivity (Wildman–Crippen MR) is 137 cm³/mol. The van der Waals surface area contributed by atoms with Gasteiger partial charge in [-0.2, -0.15) is 13.2 Å². The summed E-state index contributed by atoms with van der Waals surface area (Å²) in [7, 11) is -4.11. The molecule has 1 fully saturated rings. The SMILES string of the molecule is O=C(Nc1ccc(Cl)c(S(=O)(=O)NCC2CCNCC2)c1O)Nc1cccc(Cl)c1Cl.O=C(O)C(F)(F)F. The van der Waals surface area contributed by atoms with Gasteiger partial charge in [0, 0.05) is 6.54 Å². The molecule has 38 heavy (non-hydrogen) atoms. The Labute approximate surface area is 230 Å². The minimum Gasteiger partial charge on any atom is -0.504 e. The van der Waals surface area contributed by atoms with Crippen molar-refractivity contribution in [3.8, 4) is 5.75 Å². The molecule has 3 rings (SSSR count). The maximum Gasteiger partial charge on any atom is 0.490 e. The first kappa shape index (κ1) is 31.7. The van der Waals surface area contributed by atoms with Gasteiger partial charge in [0.05, 0.1) is 26.4 Å². The van der Waals surface area contributed by atoms with E-state index in [2.05, 4.69) is 20.7 Å². The zero-order valence-electron chi connectivity index (χ0n) is 19.2. The third-order valence-corrected chi connectivity index (χ3v) is 7.81. The number of aromatic hydroxyl groups is 1. The number of rotatable bonds is 6. The molecule has 10 nitrogen and oxygen atoms in total. The second-order valence-corrected chi connectivity index (χ2v) is 10.7. The van der Waals surface area contributed by atoms with Crippen molar-refractivity contribution < 1.29 is 41.4 Å². The van der Waals surface area contributed by atoms with Gasteiger partial charge < -0.3 is 26.2 Å². The molecule has 0 aromatic heterocycles. The fourth-order valence-electron chi connectivity index (χ4n) is 3.16. The zero-order chi connectivity index (χ0) is 28.7. The number of hydrogen-bond donors (Lipinski definition) is 6. The summed E-state index contributed by atoms with van der Waals surface area (Å²) in [5.41, 5.74) is 0.110. The van der Waals surface area contributed by atoms with E-state index in [1.54, 1.807) is 12.1 Å². The topological polar surface area (TPSA) is 157 Å². The number of hydrogen-bond acceptors (Lipinski definition) is 6. The highest BCUT2D eigenvalue weighted by Gasteiger charge is 2.38. The smallest absolute Gasteiger partial charge is 0.490 e. The molecule has 2 aromatic carbocycles. The number of nitrogens with one attached hydrogen (secondary N) is 4. The van der Waals surface area contributed by atoms with Crippen molar-refractivity contribution in [1.82, 2.24) is 10.0 Å². The van der Waals surface area contributed by atoms with Crippen molar-refractivity contribution >= 4 is 68.2 Å². The number of anilines is 2. The molecule has 1 aliphatic rings. The number of carbonyl (C=O) groups is 2. The molecule has 1 heterocycles. The maximum atomic E-state index is 12.8. The molecule has 1 saturated heterocycles. The van der Waals surface area contributed by atoms with E-state index in [1.165, 1.54) is 18.2 Å². The van der Waals surface area contributed by atoms with Crippen LogP contribution in [0.4, 0.5) is 29.3 Å². The average Bonchev–Trinajstić information content (AvgIpc) is 2.83. The molecule has 0 bridgehead atoms. The number of carbonyl (C=O) groups excluding carboxylic acids is 1. The molecule has 1 aliphatic heterocycles. The van der Waals surface area contributed by atoms with E-state index in [-0.39, 0.29) is 38.9 Å². The van der Waals surface area contributed by atoms with Gasteiger partial charge in [0.2, 0.25) is 10.0 Å². The minimum atomic E-state index is -5.08. The minimum absolute atomic E-state index is 0.137. The Balaban J connectivity index is 0.000000638. The number of halogens is 6. The van der Waals surface area contributed by atoms with Gasteiger partial charge in [-0.05, 0) is 56.1 Å². The van der Waals surface area contributed by atoms with Crippen molar-refractivity contribution in [3.63, 3.8) is 0 Å². The van der Waals surface area contributed by atoms with Crippen molar-refractivity contribution in [2.45, 2.75) is 23.9 Å². The summed E-state index contributed by atoms with van der Waals surface area (Å²) in [6.45, 7) is 1.87. The molecule has 17 heteroatoms. The molecule has 2 aromatic rings. The maximum absolute atomic E-state index is 12.8. The molecule has 0 spiro atoms. The third kappa shape index (κ3) is 9.06. The van der Waals surface area contributed by atoms with E-state index in [0.29, 0.717) is 0 Å². The normalized spacial score (nSPS) is 14.3. The summed E-state index contributed by atoms with van der Waals surface area (Å²) < 4.78 is 59.8. The fourth-order valence-corrected chi connectivity index (χ4v) is 5.26. The van der Waals surface area contributed by atoms with Crippen LogP contribution in [0.5, 0.6) is 5.75 Å². The number of piperidine rings is 1. The van der Waals surface area contributed by atoms with Crippen LogP contribution in [0.15, 0.2) is 35.2 Å². The van der Waals surface area contributed by atoms with Gasteiger partial charge in [0.15, 0.2) is 5.75 Å². The molecule has 6 N–H and O–H groups in total. The lowest BCUT2D eigenvalue weighted by atomic mass is 9.99.